The summed E-state index contributed by atoms with van der Waals surface area (Å²) in [5, 5.41) is 9.81. The topological polar surface area (TPSA) is 84.8 Å². The molecule has 28 heavy (non-hydrogen) atoms. The van der Waals surface area contributed by atoms with Crippen LogP contribution in [0.2, 0.25) is 0 Å². The molecule has 0 aliphatic heterocycles. The Bertz CT molecular complexity index is 940. The predicted molar refractivity (Wildman–Crippen MR) is 112 cm³/mol. The van der Waals surface area contributed by atoms with E-state index in [4.69, 9.17) is 9.47 Å². The van der Waals surface area contributed by atoms with E-state index in [0.29, 0.717) is 10.8 Å². The van der Waals surface area contributed by atoms with Gasteiger partial charge in [-0.15, -0.1) is 11.3 Å². The number of hydrogen-bond acceptors (Lipinski definition) is 8. The first-order valence-electron chi connectivity index (χ1n) is 8.62. The highest BCUT2D eigenvalue weighted by Gasteiger charge is 2.19. The Hall–Kier alpha value is -3.39. The summed E-state index contributed by atoms with van der Waals surface area (Å²) in [6, 6.07) is 16.8. The molecule has 3 aromatic rings. The van der Waals surface area contributed by atoms with Gasteiger partial charge in [0.1, 0.15) is 11.4 Å². The molecule has 0 saturated heterocycles. The van der Waals surface area contributed by atoms with Crippen LogP contribution >= 0.6 is 11.3 Å². The van der Waals surface area contributed by atoms with E-state index in [-0.39, 0.29) is 12.3 Å². The highest BCUT2D eigenvalue weighted by Crippen LogP contribution is 2.23. The van der Waals surface area contributed by atoms with Gasteiger partial charge in [-0.05, 0) is 43.3 Å². The maximum Gasteiger partial charge on any atom is 0.361 e. The molecule has 0 saturated carbocycles. The van der Waals surface area contributed by atoms with E-state index in [2.05, 4.69) is 20.8 Å². The van der Waals surface area contributed by atoms with Gasteiger partial charge >= 0.3 is 5.97 Å². The molecule has 0 spiro atoms. The molecule has 144 valence electrons. The van der Waals surface area contributed by atoms with Crippen LogP contribution in [0.3, 0.4) is 0 Å². The average Bonchev–Trinajstić information content (AvgIpc) is 3.18. The van der Waals surface area contributed by atoms with Crippen LogP contribution in [0.15, 0.2) is 65.1 Å². The van der Waals surface area contributed by atoms with Crippen molar-refractivity contribution in [3.05, 3.63) is 65.7 Å². The number of aromatic nitrogens is 1. The molecule has 8 heteroatoms. The van der Waals surface area contributed by atoms with Gasteiger partial charge in [-0.1, -0.05) is 18.2 Å². The highest BCUT2D eigenvalue weighted by molar-refractivity contribution is 7.14. The van der Waals surface area contributed by atoms with Crippen LogP contribution in [0.5, 0.6) is 5.75 Å². The number of anilines is 3. The fourth-order valence-corrected chi connectivity index (χ4v) is 2.99. The van der Waals surface area contributed by atoms with E-state index in [1.54, 1.807) is 19.4 Å². The number of nitrogens with zero attached hydrogens (tertiary/aromatic N) is 2. The van der Waals surface area contributed by atoms with Gasteiger partial charge in [0.15, 0.2) is 10.8 Å². The van der Waals surface area contributed by atoms with Crippen molar-refractivity contribution in [2.24, 2.45) is 5.10 Å². The number of ether oxygens (including phenoxy) is 2. The number of nitrogens with one attached hydrogen (secondary N) is 2. The summed E-state index contributed by atoms with van der Waals surface area (Å²) >= 11 is 1.37. The number of hydrogen-bond donors (Lipinski definition) is 2. The first kappa shape index (κ1) is 19.4. The van der Waals surface area contributed by atoms with Gasteiger partial charge in [-0.3, -0.25) is 5.43 Å². The number of esters is 1. The highest BCUT2D eigenvalue weighted by atomic mass is 32.1. The number of carbonyl (C=O) groups excluding carboxylic acids is 1. The van der Waals surface area contributed by atoms with Gasteiger partial charge in [0.25, 0.3) is 0 Å². The molecule has 0 fully saturated rings. The molecule has 0 aliphatic rings. The zero-order valence-electron chi connectivity index (χ0n) is 15.5. The summed E-state index contributed by atoms with van der Waals surface area (Å²) in [4.78, 5) is 16.8. The van der Waals surface area contributed by atoms with Crippen molar-refractivity contribution < 1.29 is 14.3 Å². The number of carbonyl (C=O) groups is 1. The minimum atomic E-state index is -0.535. The second kappa shape index (κ2) is 9.52. The monoisotopic (exact) mass is 396 g/mol. The molecule has 1 heterocycles. The predicted octanol–water partition coefficient (Wildman–Crippen LogP) is 4.27. The van der Waals surface area contributed by atoms with Crippen LogP contribution in [0.25, 0.3) is 0 Å². The zero-order valence-corrected chi connectivity index (χ0v) is 16.3. The van der Waals surface area contributed by atoms with Crippen molar-refractivity contribution in [1.82, 2.24) is 4.98 Å². The van der Waals surface area contributed by atoms with Crippen molar-refractivity contribution in [2.75, 3.05) is 24.5 Å². The van der Waals surface area contributed by atoms with Crippen molar-refractivity contribution in [1.29, 1.82) is 0 Å². The fourth-order valence-electron chi connectivity index (χ4n) is 2.28. The van der Waals surface area contributed by atoms with E-state index in [1.165, 1.54) is 11.3 Å². The Balaban J connectivity index is 1.79. The van der Waals surface area contributed by atoms with E-state index < -0.39 is 5.97 Å². The normalized spacial score (nSPS) is 11.0. The van der Waals surface area contributed by atoms with Gasteiger partial charge in [-0.2, -0.15) is 5.10 Å². The van der Waals surface area contributed by atoms with E-state index in [0.717, 1.165) is 17.1 Å². The molecular formula is C20H20N4O3S. The Morgan fingerprint density at radius 2 is 1.86 bits per heavy atom. The first-order chi connectivity index (χ1) is 13.7. The van der Waals surface area contributed by atoms with E-state index in [1.807, 2.05) is 54.6 Å². The number of benzene rings is 2. The standard InChI is InChI=1S/C20H20N4O3S/c1-3-27-19(25)18(24-23-15-7-5-4-6-8-15)17-13-28-20(22-17)21-14-9-11-16(26-2)12-10-14/h4-13,23H,3H2,1-2H3,(H,21,22)/b24-18+. The molecule has 2 N–H and O–H groups in total. The Labute approximate surface area is 167 Å². The summed E-state index contributed by atoms with van der Waals surface area (Å²) in [6.45, 7) is 2.00. The molecule has 7 nitrogen and oxygen atoms in total. The second-order valence-corrected chi connectivity index (χ2v) is 6.41. The summed E-state index contributed by atoms with van der Waals surface area (Å²) in [7, 11) is 1.62. The summed E-state index contributed by atoms with van der Waals surface area (Å²) in [5.74, 6) is 0.237. The molecular weight excluding hydrogens is 376 g/mol. The molecule has 0 aliphatic carbocycles. The molecule has 3 rings (SSSR count). The van der Waals surface area contributed by atoms with Gasteiger partial charge < -0.3 is 14.8 Å². The molecule has 0 bridgehead atoms. The average molecular weight is 396 g/mol. The number of hydrazone groups is 1. The molecule has 1 aromatic heterocycles. The number of para-hydroxylation sites is 1. The maximum absolute atomic E-state index is 12.3. The van der Waals surface area contributed by atoms with E-state index in [9.17, 15) is 4.79 Å². The lowest BCUT2D eigenvalue weighted by Crippen LogP contribution is -2.20. The lowest BCUT2D eigenvalue weighted by Gasteiger charge is -2.06. The maximum atomic E-state index is 12.3. The molecule has 2 aromatic carbocycles. The van der Waals surface area contributed by atoms with E-state index >= 15 is 0 Å². The molecule has 0 radical (unpaired) electrons. The van der Waals surface area contributed by atoms with Gasteiger partial charge in [0.05, 0.1) is 19.4 Å². The third kappa shape index (κ3) is 5.08. The van der Waals surface area contributed by atoms with Crippen LogP contribution in [-0.2, 0) is 9.53 Å². The van der Waals surface area contributed by atoms with Crippen LogP contribution in [0, 0.1) is 0 Å². The van der Waals surface area contributed by atoms with Crippen molar-refractivity contribution in [2.45, 2.75) is 6.92 Å². The molecule has 0 unspecified atom stereocenters. The van der Waals surface area contributed by atoms with Crippen LogP contribution < -0.4 is 15.5 Å². The second-order valence-electron chi connectivity index (χ2n) is 5.55. The molecule has 0 atom stereocenters. The van der Waals surface area contributed by atoms with Gasteiger partial charge in [0.2, 0.25) is 0 Å². The number of rotatable bonds is 8. The van der Waals surface area contributed by atoms with Crippen molar-refractivity contribution in [3.63, 3.8) is 0 Å². The minimum absolute atomic E-state index is 0.115. The Morgan fingerprint density at radius 1 is 1.11 bits per heavy atom. The SMILES string of the molecule is CCOC(=O)/C(=N/Nc1ccccc1)c1csc(Nc2ccc(OC)cc2)n1. The number of thiazole rings is 1. The smallest absolute Gasteiger partial charge is 0.361 e. The Morgan fingerprint density at radius 3 is 2.54 bits per heavy atom. The quantitative estimate of drug-likeness (QED) is 0.336. The van der Waals surface area contributed by atoms with Crippen LogP contribution in [-0.4, -0.2) is 30.4 Å². The lowest BCUT2D eigenvalue weighted by atomic mass is 10.3. The molecule has 0 amide bonds. The first-order valence-corrected chi connectivity index (χ1v) is 9.50. The Kier molecular flexibility index (Phi) is 6.59. The number of methoxy groups -OCH3 is 1. The van der Waals surface area contributed by atoms with Crippen molar-refractivity contribution >= 4 is 39.5 Å². The van der Waals surface area contributed by atoms with Crippen molar-refractivity contribution in [3.8, 4) is 5.75 Å². The minimum Gasteiger partial charge on any atom is -0.497 e. The fraction of sp³-hybridized carbons (Fsp3) is 0.150. The summed E-state index contributed by atoms with van der Waals surface area (Å²) < 4.78 is 10.3. The van der Waals surface area contributed by atoms with Gasteiger partial charge in [-0.25, -0.2) is 9.78 Å². The third-order valence-corrected chi connectivity index (χ3v) is 4.39. The summed E-state index contributed by atoms with van der Waals surface area (Å²) in [5.41, 5.74) is 5.04. The third-order valence-electron chi connectivity index (χ3n) is 3.63. The van der Waals surface area contributed by atoms with Gasteiger partial charge in [0, 0.05) is 11.1 Å². The summed E-state index contributed by atoms with van der Waals surface area (Å²) in [6.07, 6.45) is 0. The largest absolute Gasteiger partial charge is 0.497 e. The van der Waals surface area contributed by atoms with Crippen LogP contribution in [0.1, 0.15) is 12.6 Å². The lowest BCUT2D eigenvalue weighted by molar-refractivity contribution is -0.134. The zero-order chi connectivity index (χ0) is 19.8. The van der Waals surface area contributed by atoms with Crippen LogP contribution in [0.4, 0.5) is 16.5 Å².